The summed E-state index contributed by atoms with van der Waals surface area (Å²) >= 11 is 0. The summed E-state index contributed by atoms with van der Waals surface area (Å²) in [4.78, 5) is 13.2. The van der Waals surface area contributed by atoms with Crippen molar-refractivity contribution in [3.05, 3.63) is 35.4 Å². The molecule has 0 bridgehead atoms. The van der Waals surface area contributed by atoms with Crippen LogP contribution in [-0.2, 0) is 16.8 Å². The lowest BCUT2D eigenvalue weighted by Gasteiger charge is -2.16. The Balaban J connectivity index is 2.08. The maximum absolute atomic E-state index is 11.6. The Kier molecular flexibility index (Phi) is 3.20. The van der Waals surface area contributed by atoms with E-state index in [0.29, 0.717) is 6.42 Å². The number of hydrogen-bond acceptors (Lipinski definition) is 2. The van der Waals surface area contributed by atoms with E-state index in [1.165, 1.54) is 11.1 Å². The zero-order valence-corrected chi connectivity index (χ0v) is 10.6. The number of carbonyl (C=O) groups excluding carboxylic acids is 1. The van der Waals surface area contributed by atoms with E-state index >= 15 is 0 Å². The van der Waals surface area contributed by atoms with Gasteiger partial charge in [0.2, 0.25) is 5.91 Å². The summed E-state index contributed by atoms with van der Waals surface area (Å²) in [5, 5.41) is 0. The van der Waals surface area contributed by atoms with Gasteiger partial charge in [-0.15, -0.1) is 0 Å². The average Bonchev–Trinajstić information content (AvgIpc) is 3.05. The van der Waals surface area contributed by atoms with Gasteiger partial charge in [-0.2, -0.15) is 0 Å². The molecule has 1 fully saturated rings. The highest BCUT2D eigenvalue weighted by molar-refractivity contribution is 5.75. The predicted octanol–water partition coefficient (Wildman–Crippen LogP) is 1.66. The van der Waals surface area contributed by atoms with E-state index in [9.17, 15) is 4.79 Å². The van der Waals surface area contributed by atoms with Gasteiger partial charge in [0.25, 0.3) is 0 Å². The summed E-state index contributed by atoms with van der Waals surface area (Å²) in [5.74, 6) is 0.168. The summed E-state index contributed by atoms with van der Waals surface area (Å²) in [7, 11) is 3.58. The molecule has 2 rings (SSSR count). The van der Waals surface area contributed by atoms with Crippen molar-refractivity contribution in [3.63, 3.8) is 0 Å². The van der Waals surface area contributed by atoms with Gasteiger partial charge >= 0.3 is 0 Å². The molecule has 0 saturated heterocycles. The van der Waals surface area contributed by atoms with E-state index in [2.05, 4.69) is 12.1 Å². The third-order valence-electron chi connectivity index (χ3n) is 3.45. The lowest BCUT2D eigenvalue weighted by Crippen LogP contribution is -2.23. The molecule has 3 nitrogen and oxygen atoms in total. The quantitative estimate of drug-likeness (QED) is 0.858. The lowest BCUT2D eigenvalue weighted by molar-refractivity contribution is -0.128. The molecule has 2 N–H and O–H groups in total. The Morgan fingerprint density at radius 2 is 2.00 bits per heavy atom. The third kappa shape index (κ3) is 2.67. The van der Waals surface area contributed by atoms with Crippen molar-refractivity contribution in [1.82, 2.24) is 4.90 Å². The van der Waals surface area contributed by atoms with E-state index in [-0.39, 0.29) is 11.4 Å². The molecule has 0 aromatic heterocycles. The molecule has 17 heavy (non-hydrogen) atoms. The fourth-order valence-corrected chi connectivity index (χ4v) is 2.09. The average molecular weight is 232 g/mol. The van der Waals surface area contributed by atoms with Crippen LogP contribution in [0.25, 0.3) is 0 Å². The van der Waals surface area contributed by atoms with E-state index < -0.39 is 0 Å². The monoisotopic (exact) mass is 232 g/mol. The van der Waals surface area contributed by atoms with Crippen molar-refractivity contribution in [2.75, 3.05) is 14.1 Å². The highest BCUT2D eigenvalue weighted by Crippen LogP contribution is 2.44. The molecular weight excluding hydrogens is 212 g/mol. The molecule has 0 radical (unpaired) electrons. The molecule has 1 aliphatic rings. The van der Waals surface area contributed by atoms with Gasteiger partial charge in [0.1, 0.15) is 0 Å². The first-order valence-corrected chi connectivity index (χ1v) is 6.10. The van der Waals surface area contributed by atoms with Crippen LogP contribution < -0.4 is 5.73 Å². The molecule has 0 spiro atoms. The van der Waals surface area contributed by atoms with Gasteiger partial charge in [-0.3, -0.25) is 4.79 Å². The number of hydrogen-bond donors (Lipinski definition) is 1. The highest BCUT2D eigenvalue weighted by atomic mass is 16.2. The second-order valence-electron chi connectivity index (χ2n) is 5.10. The summed E-state index contributed by atoms with van der Waals surface area (Å²) in [6, 6.07) is 8.23. The van der Waals surface area contributed by atoms with Gasteiger partial charge in [0, 0.05) is 26.1 Å². The van der Waals surface area contributed by atoms with Crippen molar-refractivity contribution in [3.8, 4) is 0 Å². The molecule has 1 aromatic carbocycles. The molecule has 0 atom stereocenters. The van der Waals surface area contributed by atoms with Crippen LogP contribution in [0.4, 0.5) is 0 Å². The van der Waals surface area contributed by atoms with Gasteiger partial charge < -0.3 is 10.6 Å². The van der Waals surface area contributed by atoms with Crippen LogP contribution in [-0.4, -0.2) is 24.9 Å². The van der Waals surface area contributed by atoms with Crippen LogP contribution in [0.5, 0.6) is 0 Å². The summed E-state index contributed by atoms with van der Waals surface area (Å²) in [5.41, 5.74) is 8.58. The molecule has 1 aromatic rings. The minimum atomic E-state index is -0.113. The number of rotatable bonds is 4. The second kappa shape index (κ2) is 4.49. The molecule has 92 valence electrons. The van der Waals surface area contributed by atoms with E-state index in [0.717, 1.165) is 19.3 Å². The maximum atomic E-state index is 11.6. The van der Waals surface area contributed by atoms with Gasteiger partial charge in [-0.05, 0) is 30.4 Å². The maximum Gasteiger partial charge on any atom is 0.222 e. The molecule has 1 amide bonds. The third-order valence-corrected chi connectivity index (χ3v) is 3.45. The van der Waals surface area contributed by atoms with Crippen molar-refractivity contribution >= 4 is 5.91 Å². The van der Waals surface area contributed by atoms with Crippen LogP contribution in [0.3, 0.4) is 0 Å². The van der Waals surface area contributed by atoms with Crippen molar-refractivity contribution in [2.45, 2.75) is 31.2 Å². The van der Waals surface area contributed by atoms with Crippen molar-refractivity contribution in [1.29, 1.82) is 0 Å². The van der Waals surface area contributed by atoms with Gasteiger partial charge in [-0.1, -0.05) is 24.3 Å². The molecule has 3 heteroatoms. The number of nitrogens with two attached hydrogens (primary N) is 1. The first kappa shape index (κ1) is 12.1. The highest BCUT2D eigenvalue weighted by Gasteiger charge is 2.41. The zero-order valence-electron chi connectivity index (χ0n) is 10.6. The largest absolute Gasteiger partial charge is 0.349 e. The van der Waals surface area contributed by atoms with E-state index in [1.54, 1.807) is 19.0 Å². The molecule has 0 aliphatic heterocycles. The first-order valence-electron chi connectivity index (χ1n) is 6.10. The molecule has 0 heterocycles. The van der Waals surface area contributed by atoms with Crippen LogP contribution >= 0.6 is 0 Å². The number of aryl methyl sites for hydroxylation is 1. The Labute approximate surface area is 103 Å². The summed E-state index contributed by atoms with van der Waals surface area (Å²) in [6.45, 7) is 0. The second-order valence-corrected chi connectivity index (χ2v) is 5.10. The number of amides is 1. The zero-order chi connectivity index (χ0) is 12.5. The topological polar surface area (TPSA) is 46.3 Å². The Morgan fingerprint density at radius 1 is 1.35 bits per heavy atom. The van der Waals surface area contributed by atoms with Crippen molar-refractivity contribution in [2.24, 2.45) is 5.73 Å². The van der Waals surface area contributed by atoms with Crippen molar-refractivity contribution < 1.29 is 4.79 Å². The molecular formula is C14H20N2O. The van der Waals surface area contributed by atoms with Crippen LogP contribution in [0.15, 0.2) is 24.3 Å². The number of nitrogens with zero attached hydrogens (tertiary/aromatic N) is 1. The van der Waals surface area contributed by atoms with Gasteiger partial charge in [-0.25, -0.2) is 0 Å². The number of benzene rings is 1. The van der Waals surface area contributed by atoms with Crippen LogP contribution in [0, 0.1) is 0 Å². The molecule has 0 unspecified atom stereocenters. The fraction of sp³-hybridized carbons (Fsp3) is 0.500. The lowest BCUT2D eigenvalue weighted by atomic mass is 9.96. The fourth-order valence-electron chi connectivity index (χ4n) is 2.09. The predicted molar refractivity (Wildman–Crippen MR) is 68.6 cm³/mol. The minimum Gasteiger partial charge on any atom is -0.349 e. The van der Waals surface area contributed by atoms with Crippen LogP contribution in [0.1, 0.15) is 30.4 Å². The minimum absolute atomic E-state index is 0.113. The Hall–Kier alpha value is -1.35. The van der Waals surface area contributed by atoms with E-state index in [1.807, 2.05) is 12.1 Å². The standard InChI is InChI=1S/C14H20N2O/c1-16(2)13(17)8-7-11-5-3-4-6-12(11)14(15)9-10-14/h3-6H,7-10,15H2,1-2H3. The summed E-state index contributed by atoms with van der Waals surface area (Å²) < 4.78 is 0. The normalized spacial score (nSPS) is 16.6. The summed E-state index contributed by atoms with van der Waals surface area (Å²) in [6.07, 6.45) is 3.46. The van der Waals surface area contributed by atoms with Gasteiger partial charge in [0.15, 0.2) is 0 Å². The van der Waals surface area contributed by atoms with Crippen LogP contribution in [0.2, 0.25) is 0 Å². The number of carbonyl (C=O) groups is 1. The Bertz CT molecular complexity index is 422. The van der Waals surface area contributed by atoms with Gasteiger partial charge in [0.05, 0.1) is 0 Å². The SMILES string of the molecule is CN(C)C(=O)CCc1ccccc1C1(N)CC1. The molecule has 1 aliphatic carbocycles. The Morgan fingerprint density at radius 3 is 2.59 bits per heavy atom. The van der Waals surface area contributed by atoms with E-state index in [4.69, 9.17) is 5.73 Å². The smallest absolute Gasteiger partial charge is 0.222 e. The first-order chi connectivity index (χ1) is 8.03. The molecule has 1 saturated carbocycles.